The minimum atomic E-state index is -5.48. The number of aryl methyl sites for hydroxylation is 2. The average Bonchev–Trinajstić information content (AvgIpc) is 3.25. The summed E-state index contributed by atoms with van der Waals surface area (Å²) < 4.78 is 69.2. The molecule has 206 valence electrons. The summed E-state index contributed by atoms with van der Waals surface area (Å²) in [5, 5.41) is 11.5. The lowest BCUT2D eigenvalue weighted by Crippen LogP contribution is -2.23. The van der Waals surface area contributed by atoms with E-state index in [0.29, 0.717) is 16.8 Å². The molecule has 5 aromatic rings. The molecular formula is C29H22F3NO5S2. The first kappa shape index (κ1) is 27.6. The van der Waals surface area contributed by atoms with Crippen LogP contribution in [0.1, 0.15) is 40.1 Å². The highest BCUT2D eigenvalue weighted by Gasteiger charge is 2.46. The Bertz CT molecular complexity index is 1900. The van der Waals surface area contributed by atoms with Gasteiger partial charge in [-0.25, -0.2) is 18.2 Å². The first-order valence-electron chi connectivity index (χ1n) is 12.0. The topological polar surface area (TPSA) is 93.6 Å². The number of carbonyl (C=O) groups is 1. The second-order valence-corrected chi connectivity index (χ2v) is 12.3. The predicted molar refractivity (Wildman–Crippen MR) is 148 cm³/mol. The normalized spacial score (nSPS) is 13.1. The summed E-state index contributed by atoms with van der Waals surface area (Å²) in [4.78, 5) is 17.3. The number of sulfone groups is 1. The molecule has 5 rings (SSSR count). The number of pyridine rings is 1. The number of hydrogen-bond donors (Lipinski definition) is 1. The fourth-order valence-corrected chi connectivity index (χ4v) is 6.49. The highest BCUT2D eigenvalue weighted by atomic mass is 32.2. The molecular weight excluding hydrogens is 563 g/mol. The van der Waals surface area contributed by atoms with Crippen molar-refractivity contribution in [2.24, 2.45) is 0 Å². The second-order valence-electron chi connectivity index (χ2n) is 9.30. The van der Waals surface area contributed by atoms with Crippen LogP contribution >= 0.6 is 11.3 Å². The van der Waals surface area contributed by atoms with Gasteiger partial charge in [-0.05, 0) is 73.2 Å². The van der Waals surface area contributed by atoms with Gasteiger partial charge in [0.15, 0.2) is 0 Å². The zero-order chi connectivity index (χ0) is 29.0. The van der Waals surface area contributed by atoms with Crippen LogP contribution in [0.15, 0.2) is 71.6 Å². The number of nitrogens with zero attached hydrogens (tertiary/aromatic N) is 1. The van der Waals surface area contributed by atoms with E-state index >= 15 is 0 Å². The first-order chi connectivity index (χ1) is 18.8. The molecule has 40 heavy (non-hydrogen) atoms. The van der Waals surface area contributed by atoms with Crippen molar-refractivity contribution in [2.45, 2.75) is 37.3 Å². The number of benzene rings is 3. The van der Waals surface area contributed by atoms with E-state index in [1.807, 2.05) is 38.1 Å². The maximum absolute atomic E-state index is 12.9. The van der Waals surface area contributed by atoms with Crippen LogP contribution in [0.5, 0.6) is 5.75 Å². The third-order valence-corrected chi connectivity index (χ3v) is 9.50. The minimum absolute atomic E-state index is 0.00521. The van der Waals surface area contributed by atoms with Crippen molar-refractivity contribution in [3.63, 3.8) is 0 Å². The van der Waals surface area contributed by atoms with Crippen LogP contribution < -0.4 is 4.74 Å². The minimum Gasteiger partial charge on any atom is -0.485 e. The number of carboxylic acids is 1. The van der Waals surface area contributed by atoms with Crippen LogP contribution in [0.3, 0.4) is 0 Å². The molecule has 0 saturated carbocycles. The molecule has 0 spiro atoms. The number of thiophene rings is 1. The highest BCUT2D eigenvalue weighted by molar-refractivity contribution is 7.92. The van der Waals surface area contributed by atoms with E-state index in [-0.39, 0.29) is 16.7 Å². The maximum Gasteiger partial charge on any atom is 0.501 e. The molecule has 0 amide bonds. The first-order valence-corrected chi connectivity index (χ1v) is 14.3. The lowest BCUT2D eigenvalue weighted by molar-refractivity contribution is -0.0436. The van der Waals surface area contributed by atoms with Gasteiger partial charge in [-0.15, -0.1) is 11.3 Å². The Labute approximate surface area is 231 Å². The number of alkyl halides is 3. The summed E-state index contributed by atoms with van der Waals surface area (Å²) in [6.07, 6.45) is -0.750. The van der Waals surface area contributed by atoms with E-state index in [9.17, 15) is 31.5 Å². The second kappa shape index (κ2) is 9.90. The van der Waals surface area contributed by atoms with Gasteiger partial charge in [-0.1, -0.05) is 36.4 Å². The Kier molecular flexibility index (Phi) is 6.83. The number of hydrogen-bond acceptors (Lipinski definition) is 6. The fourth-order valence-electron chi connectivity index (χ4n) is 4.55. The molecule has 2 aromatic heterocycles. The molecule has 6 nitrogen and oxygen atoms in total. The zero-order valence-electron chi connectivity index (χ0n) is 21.4. The van der Waals surface area contributed by atoms with Gasteiger partial charge in [-0.3, -0.25) is 0 Å². The third kappa shape index (κ3) is 4.69. The summed E-state index contributed by atoms with van der Waals surface area (Å²) in [7, 11) is -5.48. The smallest absolute Gasteiger partial charge is 0.485 e. The van der Waals surface area contributed by atoms with Gasteiger partial charge in [-0.2, -0.15) is 13.2 Å². The molecule has 0 bridgehead atoms. The quantitative estimate of drug-likeness (QED) is 0.218. The van der Waals surface area contributed by atoms with Gasteiger partial charge in [0.2, 0.25) is 0 Å². The van der Waals surface area contributed by atoms with E-state index in [1.54, 1.807) is 19.1 Å². The number of carboxylic acid groups (broad SMARTS) is 1. The molecule has 1 N–H and O–H groups in total. The molecule has 11 heteroatoms. The molecule has 0 saturated heterocycles. The molecule has 0 unspecified atom stereocenters. The highest BCUT2D eigenvalue weighted by Crippen LogP contribution is 2.41. The Morgan fingerprint density at radius 3 is 2.33 bits per heavy atom. The average molecular weight is 586 g/mol. The number of rotatable bonds is 6. The van der Waals surface area contributed by atoms with Crippen molar-refractivity contribution in [3.05, 3.63) is 89.0 Å². The molecule has 0 fully saturated rings. The van der Waals surface area contributed by atoms with Gasteiger partial charge >= 0.3 is 11.5 Å². The van der Waals surface area contributed by atoms with Crippen LogP contribution in [0, 0.1) is 13.8 Å². The standard InChI is InChI=1S/C29H22F3NO5S2/c1-15-8-13-23(38-17(3)18-9-11-19(12-10-18)40(36,37)29(30,31)32)25-21(28(34)35)14-22(33-26(15)25)27-16(2)20-6-4-5-7-24(20)39-27/h4-14,17H,1-3H3,(H,34,35)/t17-/m1/s1. The zero-order valence-corrected chi connectivity index (χ0v) is 23.0. The SMILES string of the molecule is Cc1c(-c2cc(C(=O)O)c3c(O[C@H](C)c4ccc(S(=O)(=O)C(F)(F)F)cc4)ccc(C)c3n2)sc2ccccc12. The number of halogens is 3. The predicted octanol–water partition coefficient (Wildman–Crippen LogP) is 7.87. The van der Waals surface area contributed by atoms with Crippen molar-refractivity contribution in [2.75, 3.05) is 0 Å². The summed E-state index contributed by atoms with van der Waals surface area (Å²) in [5.74, 6) is -0.943. The fraction of sp³-hybridized carbons (Fsp3) is 0.172. The number of aromatic nitrogens is 1. The van der Waals surface area contributed by atoms with Gasteiger partial charge in [0.1, 0.15) is 11.9 Å². The van der Waals surface area contributed by atoms with Gasteiger partial charge in [0.05, 0.1) is 31.9 Å². The third-order valence-electron chi connectivity index (χ3n) is 6.70. The van der Waals surface area contributed by atoms with Crippen molar-refractivity contribution in [1.82, 2.24) is 4.98 Å². The molecule has 0 radical (unpaired) electrons. The van der Waals surface area contributed by atoms with Crippen molar-refractivity contribution in [1.29, 1.82) is 0 Å². The Hall–Kier alpha value is -3.96. The van der Waals surface area contributed by atoms with Crippen LogP contribution in [0.25, 0.3) is 31.6 Å². The lowest BCUT2D eigenvalue weighted by atomic mass is 10.0. The molecule has 3 aromatic carbocycles. The number of fused-ring (bicyclic) bond motifs is 2. The lowest BCUT2D eigenvalue weighted by Gasteiger charge is -2.19. The van der Waals surface area contributed by atoms with Gasteiger partial charge < -0.3 is 9.84 Å². The summed E-state index contributed by atoms with van der Waals surface area (Å²) in [6, 6.07) is 17.0. The molecule has 0 aliphatic carbocycles. The Morgan fingerprint density at radius 1 is 1.02 bits per heavy atom. The summed E-state index contributed by atoms with van der Waals surface area (Å²) >= 11 is 1.53. The van der Waals surface area contributed by atoms with E-state index < -0.39 is 32.3 Å². The van der Waals surface area contributed by atoms with Crippen LogP contribution in [0.4, 0.5) is 13.2 Å². The van der Waals surface area contributed by atoms with Crippen LogP contribution in [0.2, 0.25) is 0 Å². The largest absolute Gasteiger partial charge is 0.501 e. The van der Waals surface area contributed by atoms with Crippen LogP contribution in [-0.4, -0.2) is 30.0 Å². The maximum atomic E-state index is 12.9. The summed E-state index contributed by atoms with van der Waals surface area (Å²) in [5.41, 5.74) is -2.31. The Balaban J connectivity index is 1.57. The number of aromatic carboxylic acids is 1. The molecule has 1 atom stereocenters. The molecule has 0 aliphatic heterocycles. The Morgan fingerprint density at radius 2 is 1.70 bits per heavy atom. The molecule has 0 aliphatic rings. The monoisotopic (exact) mass is 585 g/mol. The van der Waals surface area contributed by atoms with Gasteiger partial charge in [0.25, 0.3) is 9.84 Å². The van der Waals surface area contributed by atoms with Crippen molar-refractivity contribution in [3.8, 4) is 16.3 Å². The molecule has 2 heterocycles. The van der Waals surface area contributed by atoms with Crippen molar-refractivity contribution >= 4 is 48.1 Å². The van der Waals surface area contributed by atoms with E-state index in [2.05, 4.69) is 0 Å². The van der Waals surface area contributed by atoms with Crippen LogP contribution in [-0.2, 0) is 9.84 Å². The van der Waals surface area contributed by atoms with Gasteiger partial charge in [0, 0.05) is 4.70 Å². The number of ether oxygens (including phenoxy) is 1. The van der Waals surface area contributed by atoms with Crippen molar-refractivity contribution < 1.29 is 36.2 Å². The van der Waals surface area contributed by atoms with E-state index in [0.717, 1.165) is 38.2 Å². The van der Waals surface area contributed by atoms with E-state index in [4.69, 9.17) is 9.72 Å². The summed E-state index contributed by atoms with van der Waals surface area (Å²) in [6.45, 7) is 5.41. The van der Waals surface area contributed by atoms with E-state index in [1.165, 1.54) is 29.5 Å².